The Labute approximate surface area is 496 Å². The molecule has 4 atom stereocenters. The van der Waals surface area contributed by atoms with Crippen LogP contribution in [0.4, 0.5) is 0 Å². The minimum absolute atomic E-state index is 0.0686. The SMILES string of the molecule is CC(C)(C)c1ccc2c(c1)c1c(n2-c2ccc(-c3ccc(-n4c5c(c6cc(C7(c8ccccc8)C8=C(CCC=C8)c8ccccc87)ccc64)CC(C4(c6ccccc6)C6=C(CCC=C6)c6ccccc64)C=C5)cc3)cc2)C=CC(C(C)(C)C)C1. The Morgan fingerprint density at radius 1 is 0.440 bits per heavy atom. The smallest absolute Gasteiger partial charge is 0.0710 e. The van der Waals surface area contributed by atoms with Crippen LogP contribution in [0.1, 0.15) is 134 Å². The van der Waals surface area contributed by atoms with E-state index in [-0.39, 0.29) is 22.2 Å². The molecule has 0 amide bonds. The Morgan fingerprint density at radius 3 is 1.60 bits per heavy atom. The number of rotatable bonds is 7. The molecule has 6 aliphatic rings. The van der Waals surface area contributed by atoms with Gasteiger partial charge in [0.2, 0.25) is 0 Å². The van der Waals surface area contributed by atoms with Gasteiger partial charge in [0.1, 0.15) is 0 Å². The Hall–Kier alpha value is -8.72. The third kappa shape index (κ3) is 7.41. The number of fused-ring (bicyclic) bond motifs is 10. The maximum atomic E-state index is 2.62. The summed E-state index contributed by atoms with van der Waals surface area (Å²) in [6.45, 7) is 14.1. The van der Waals surface area contributed by atoms with Gasteiger partial charge >= 0.3 is 0 Å². The highest BCUT2D eigenvalue weighted by atomic mass is 15.0. The van der Waals surface area contributed by atoms with Crippen molar-refractivity contribution in [3.05, 3.63) is 309 Å². The summed E-state index contributed by atoms with van der Waals surface area (Å²) in [6, 6.07) is 75.0. The van der Waals surface area contributed by atoms with Crippen molar-refractivity contribution in [2.75, 3.05) is 0 Å². The molecule has 0 spiro atoms. The van der Waals surface area contributed by atoms with Crippen LogP contribution < -0.4 is 0 Å². The normalized spacial score (nSPS) is 21.2. The lowest BCUT2D eigenvalue weighted by Gasteiger charge is -2.42. The van der Waals surface area contributed by atoms with E-state index in [1.807, 2.05) is 0 Å². The number of hydrogen-bond donors (Lipinski definition) is 0. The molecule has 0 aliphatic heterocycles. The van der Waals surface area contributed by atoms with Gasteiger partial charge in [0, 0.05) is 33.5 Å². The molecular weight excluding hydrogens is 1010 g/mol. The molecule has 10 aromatic rings. The second kappa shape index (κ2) is 18.9. The van der Waals surface area contributed by atoms with Crippen molar-refractivity contribution in [3.63, 3.8) is 0 Å². The van der Waals surface area contributed by atoms with Crippen LogP contribution in [0.5, 0.6) is 0 Å². The fraction of sp³-hybridized carbons (Fsp3) is 0.220. The van der Waals surface area contributed by atoms with Crippen LogP contribution in [0.15, 0.2) is 242 Å². The minimum Gasteiger partial charge on any atom is -0.310 e. The Morgan fingerprint density at radius 2 is 0.964 bits per heavy atom. The monoisotopic (exact) mass is 1080 g/mol. The van der Waals surface area contributed by atoms with Crippen LogP contribution in [0.3, 0.4) is 0 Å². The van der Waals surface area contributed by atoms with Crippen molar-refractivity contribution in [1.29, 1.82) is 0 Å². The lowest BCUT2D eigenvalue weighted by molar-refractivity contribution is 0.291. The van der Waals surface area contributed by atoms with E-state index >= 15 is 0 Å². The molecule has 0 N–H and O–H groups in total. The number of benzene rings is 8. The van der Waals surface area contributed by atoms with E-state index in [0.29, 0.717) is 5.92 Å². The fourth-order valence-electron chi connectivity index (χ4n) is 16.4. The zero-order chi connectivity index (χ0) is 56.7. The molecule has 0 bridgehead atoms. The molecule has 84 heavy (non-hydrogen) atoms. The molecule has 6 aliphatic carbocycles. The summed E-state index contributed by atoms with van der Waals surface area (Å²) in [5.41, 5.74) is 29.2. The molecule has 4 unspecified atom stereocenters. The van der Waals surface area contributed by atoms with Crippen molar-refractivity contribution in [1.82, 2.24) is 9.13 Å². The van der Waals surface area contributed by atoms with Crippen LogP contribution >= 0.6 is 0 Å². The molecule has 0 saturated heterocycles. The van der Waals surface area contributed by atoms with E-state index in [4.69, 9.17) is 0 Å². The zero-order valence-corrected chi connectivity index (χ0v) is 49.4. The molecular formula is C82H72N2. The number of allylic oxidation sites excluding steroid dienone is 10. The van der Waals surface area contributed by atoms with Gasteiger partial charge in [-0.05, 0) is 211 Å². The van der Waals surface area contributed by atoms with Crippen LogP contribution in [0.2, 0.25) is 0 Å². The summed E-state index contributed by atoms with van der Waals surface area (Å²) >= 11 is 0. The van der Waals surface area contributed by atoms with Gasteiger partial charge in [0.25, 0.3) is 0 Å². The molecule has 8 aromatic carbocycles. The van der Waals surface area contributed by atoms with Gasteiger partial charge in [-0.2, -0.15) is 0 Å². The van der Waals surface area contributed by atoms with Gasteiger partial charge < -0.3 is 9.13 Å². The summed E-state index contributed by atoms with van der Waals surface area (Å²) in [4.78, 5) is 0. The van der Waals surface area contributed by atoms with Gasteiger partial charge in [-0.3, -0.25) is 0 Å². The maximum absolute atomic E-state index is 2.62. The predicted octanol–water partition coefficient (Wildman–Crippen LogP) is 20.5. The highest BCUT2D eigenvalue weighted by Gasteiger charge is 2.52. The second-order valence-corrected chi connectivity index (χ2v) is 27.0. The third-order valence-corrected chi connectivity index (χ3v) is 20.5. The van der Waals surface area contributed by atoms with Gasteiger partial charge in [-0.25, -0.2) is 0 Å². The number of aromatic nitrogens is 2. The van der Waals surface area contributed by atoms with E-state index in [0.717, 1.165) is 38.5 Å². The van der Waals surface area contributed by atoms with Crippen molar-refractivity contribution in [2.24, 2.45) is 17.3 Å². The fourth-order valence-corrected chi connectivity index (χ4v) is 16.4. The molecule has 16 rings (SSSR count). The van der Waals surface area contributed by atoms with E-state index < -0.39 is 5.41 Å². The van der Waals surface area contributed by atoms with Gasteiger partial charge in [-0.1, -0.05) is 224 Å². The Balaban J connectivity index is 0.844. The molecule has 2 nitrogen and oxygen atoms in total. The first-order valence-corrected chi connectivity index (χ1v) is 31.0. The summed E-state index contributed by atoms with van der Waals surface area (Å²) in [7, 11) is 0. The van der Waals surface area contributed by atoms with E-state index in [1.165, 1.54) is 134 Å². The minimum atomic E-state index is -0.466. The first-order chi connectivity index (χ1) is 40.9. The summed E-state index contributed by atoms with van der Waals surface area (Å²) in [6.07, 6.45) is 26.0. The highest BCUT2D eigenvalue weighted by Crippen LogP contribution is 2.61. The molecule has 2 heteroatoms. The summed E-state index contributed by atoms with van der Waals surface area (Å²) in [5, 5.41) is 2.72. The quantitative estimate of drug-likeness (QED) is 0.151. The van der Waals surface area contributed by atoms with Gasteiger partial charge in [-0.15, -0.1) is 0 Å². The Bertz CT molecular complexity index is 4530. The summed E-state index contributed by atoms with van der Waals surface area (Å²) < 4.78 is 5.08. The second-order valence-electron chi connectivity index (χ2n) is 27.0. The van der Waals surface area contributed by atoms with Crippen molar-refractivity contribution in [3.8, 4) is 22.5 Å². The van der Waals surface area contributed by atoms with Crippen LogP contribution in [0.25, 0.3) is 67.6 Å². The lowest BCUT2D eigenvalue weighted by Crippen LogP contribution is -2.38. The Kier molecular flexibility index (Phi) is 11.5. The lowest BCUT2D eigenvalue weighted by atomic mass is 9.60. The summed E-state index contributed by atoms with van der Waals surface area (Å²) in [5.74, 6) is 0.646. The van der Waals surface area contributed by atoms with Crippen molar-refractivity contribution >= 4 is 45.1 Å². The average Bonchev–Trinajstić information content (AvgIpc) is 1.66. The average molecular weight is 1090 g/mol. The van der Waals surface area contributed by atoms with Crippen LogP contribution in [-0.2, 0) is 29.1 Å². The van der Waals surface area contributed by atoms with Crippen LogP contribution in [-0.4, -0.2) is 9.13 Å². The largest absolute Gasteiger partial charge is 0.310 e. The number of hydrogen-bond acceptors (Lipinski definition) is 0. The number of nitrogens with zero attached hydrogens (tertiary/aromatic N) is 2. The third-order valence-electron chi connectivity index (χ3n) is 20.5. The van der Waals surface area contributed by atoms with E-state index in [2.05, 4.69) is 293 Å². The van der Waals surface area contributed by atoms with Gasteiger partial charge in [0.05, 0.1) is 21.9 Å². The first-order valence-electron chi connectivity index (χ1n) is 31.0. The molecule has 0 saturated carbocycles. The molecule has 0 radical (unpaired) electrons. The van der Waals surface area contributed by atoms with Crippen LogP contribution in [0, 0.1) is 17.3 Å². The maximum Gasteiger partial charge on any atom is 0.0710 e. The van der Waals surface area contributed by atoms with Crippen molar-refractivity contribution in [2.45, 2.75) is 96.3 Å². The molecule has 410 valence electrons. The van der Waals surface area contributed by atoms with E-state index in [1.54, 1.807) is 0 Å². The van der Waals surface area contributed by atoms with Crippen molar-refractivity contribution < 1.29 is 0 Å². The highest BCUT2D eigenvalue weighted by molar-refractivity contribution is 5.96. The molecule has 2 heterocycles. The topological polar surface area (TPSA) is 9.86 Å². The molecule has 2 aromatic heterocycles. The van der Waals surface area contributed by atoms with Gasteiger partial charge in [0.15, 0.2) is 0 Å². The standard InChI is InChI=1S/C82H72N2/c1-79(2,3)57-37-45-75-67(49-57)68-50-58(80(4,5)6)38-46-76(68)83(75)61-41-33-53(34-42-61)54-35-43-62(44-36-54)84-77-47-39-59(81(55-21-9-7-10-22-55)71-29-17-13-25-63(71)64-26-14-18-30-72(64)81)51-69(77)70-52-60(40-48-78(70)84)82(56-23-11-8-12-24-56)73-31-19-15-27-65(73)66-28-16-20-32-74(66)82/h7-13,15,17-25,27,29-49,51,58,60H,14,16,26,28,50,52H2,1-6H3. The first kappa shape index (κ1) is 51.0. The van der Waals surface area contributed by atoms with E-state index in [9.17, 15) is 0 Å². The predicted molar refractivity (Wildman–Crippen MR) is 353 cm³/mol. The molecule has 0 fully saturated rings. The zero-order valence-electron chi connectivity index (χ0n) is 49.4.